The Morgan fingerprint density at radius 2 is 1.84 bits per heavy atom. The third-order valence-corrected chi connectivity index (χ3v) is 5.92. The van der Waals surface area contributed by atoms with Crippen molar-refractivity contribution in [3.63, 3.8) is 0 Å². The number of carbonyl (C=O) groups excluding carboxylic acids is 2. The Morgan fingerprint density at radius 3 is 2.58 bits per heavy atom. The summed E-state index contributed by atoms with van der Waals surface area (Å²) < 4.78 is 6.06. The van der Waals surface area contributed by atoms with E-state index >= 15 is 0 Å². The molecule has 2 aromatic rings. The first kappa shape index (κ1) is 21.2. The van der Waals surface area contributed by atoms with Gasteiger partial charge >= 0.3 is 0 Å². The number of anilines is 2. The number of benzene rings is 2. The number of ether oxygens (including phenoxy) is 1. The molecule has 2 aromatic carbocycles. The van der Waals surface area contributed by atoms with Crippen molar-refractivity contribution in [3.8, 4) is 5.75 Å². The van der Waals surface area contributed by atoms with Gasteiger partial charge in [0, 0.05) is 30.2 Å². The van der Waals surface area contributed by atoms with E-state index < -0.39 is 6.04 Å². The van der Waals surface area contributed by atoms with Gasteiger partial charge in [0.05, 0.1) is 24.0 Å². The minimum atomic E-state index is -0.541. The van der Waals surface area contributed by atoms with Gasteiger partial charge < -0.3 is 10.1 Å². The van der Waals surface area contributed by atoms with E-state index in [-0.39, 0.29) is 17.1 Å². The van der Waals surface area contributed by atoms with Crippen molar-refractivity contribution in [3.05, 3.63) is 65.4 Å². The SMILES string of the molecule is CCCOc1ccccc1[C@@H]1C2=C(CC(C)(C)CC2=O)Nc2ccccc2N1C(C)=O. The van der Waals surface area contributed by atoms with E-state index in [1.165, 1.54) is 0 Å². The third-order valence-electron chi connectivity index (χ3n) is 5.92. The molecule has 1 atom stereocenters. The number of fused-ring (bicyclic) bond motifs is 1. The maximum atomic E-state index is 13.5. The van der Waals surface area contributed by atoms with Crippen molar-refractivity contribution in [1.29, 1.82) is 0 Å². The van der Waals surface area contributed by atoms with E-state index in [2.05, 4.69) is 26.1 Å². The van der Waals surface area contributed by atoms with Crippen molar-refractivity contribution < 1.29 is 14.3 Å². The highest BCUT2D eigenvalue weighted by molar-refractivity contribution is 6.06. The predicted molar refractivity (Wildman–Crippen MR) is 123 cm³/mol. The number of carbonyl (C=O) groups is 2. The highest BCUT2D eigenvalue weighted by atomic mass is 16.5. The maximum Gasteiger partial charge on any atom is 0.224 e. The van der Waals surface area contributed by atoms with Crippen LogP contribution in [0.2, 0.25) is 0 Å². The molecule has 0 aromatic heterocycles. The number of hydrogen-bond acceptors (Lipinski definition) is 4. The van der Waals surface area contributed by atoms with Crippen LogP contribution in [0.3, 0.4) is 0 Å². The van der Waals surface area contributed by atoms with Crippen LogP contribution in [-0.4, -0.2) is 18.3 Å². The predicted octanol–water partition coefficient (Wildman–Crippen LogP) is 5.64. The summed E-state index contributed by atoms with van der Waals surface area (Å²) in [6.45, 7) is 8.42. The quantitative estimate of drug-likeness (QED) is 0.698. The molecule has 0 radical (unpaired) electrons. The number of nitrogens with one attached hydrogen (secondary N) is 1. The average Bonchev–Trinajstić information content (AvgIpc) is 2.85. The summed E-state index contributed by atoms with van der Waals surface area (Å²) in [5, 5.41) is 3.52. The van der Waals surface area contributed by atoms with Gasteiger partial charge in [-0.3, -0.25) is 14.5 Å². The molecule has 0 unspecified atom stereocenters. The Hall–Kier alpha value is -3.08. The van der Waals surface area contributed by atoms with E-state index in [1.807, 2.05) is 48.5 Å². The van der Waals surface area contributed by atoms with E-state index in [9.17, 15) is 9.59 Å². The average molecular weight is 419 g/mol. The largest absolute Gasteiger partial charge is 0.493 e. The van der Waals surface area contributed by atoms with Crippen LogP contribution in [0.4, 0.5) is 11.4 Å². The minimum Gasteiger partial charge on any atom is -0.493 e. The maximum absolute atomic E-state index is 13.5. The lowest BCUT2D eigenvalue weighted by atomic mass is 9.73. The molecule has 2 aliphatic rings. The summed E-state index contributed by atoms with van der Waals surface area (Å²) >= 11 is 0. The van der Waals surface area contributed by atoms with Gasteiger partial charge in [-0.25, -0.2) is 0 Å². The molecule has 0 spiro atoms. The Balaban J connectivity index is 1.99. The Kier molecular flexibility index (Phi) is 5.61. The van der Waals surface area contributed by atoms with E-state index in [0.717, 1.165) is 35.5 Å². The van der Waals surface area contributed by atoms with Crippen LogP contribution in [0.5, 0.6) is 5.75 Å². The van der Waals surface area contributed by atoms with Crippen LogP contribution in [0.1, 0.15) is 58.6 Å². The molecule has 5 heteroatoms. The molecule has 4 rings (SSSR count). The van der Waals surface area contributed by atoms with Gasteiger partial charge in [-0.15, -0.1) is 0 Å². The summed E-state index contributed by atoms with van der Waals surface area (Å²) in [6, 6.07) is 15.0. The topological polar surface area (TPSA) is 58.6 Å². The van der Waals surface area contributed by atoms with Crippen LogP contribution in [-0.2, 0) is 9.59 Å². The fraction of sp³-hybridized carbons (Fsp3) is 0.385. The number of amides is 1. The molecule has 0 fully saturated rings. The van der Waals surface area contributed by atoms with Crippen molar-refractivity contribution in [2.45, 2.75) is 53.0 Å². The molecular formula is C26H30N2O3. The van der Waals surface area contributed by atoms with Gasteiger partial charge in [-0.2, -0.15) is 0 Å². The van der Waals surface area contributed by atoms with Crippen LogP contribution >= 0.6 is 0 Å². The fourth-order valence-electron chi connectivity index (χ4n) is 4.68. The number of rotatable bonds is 4. The number of Topliss-reactive ketones (excluding diaryl/α,β-unsaturated/α-hetero) is 1. The Morgan fingerprint density at radius 1 is 1.13 bits per heavy atom. The van der Waals surface area contributed by atoms with Crippen LogP contribution < -0.4 is 15.0 Å². The van der Waals surface area contributed by atoms with Crippen molar-refractivity contribution >= 4 is 23.1 Å². The first-order chi connectivity index (χ1) is 14.8. The summed E-state index contributed by atoms with van der Waals surface area (Å²) in [7, 11) is 0. The summed E-state index contributed by atoms with van der Waals surface area (Å²) in [4.78, 5) is 28.3. The molecule has 1 amide bonds. The van der Waals surface area contributed by atoms with Gasteiger partial charge in [-0.05, 0) is 36.5 Å². The second kappa shape index (κ2) is 8.22. The molecule has 5 nitrogen and oxygen atoms in total. The zero-order valence-electron chi connectivity index (χ0n) is 18.7. The second-order valence-corrected chi connectivity index (χ2v) is 9.15. The standard InChI is InChI=1S/C26H30N2O3/c1-5-14-31-23-13-9-6-10-18(23)25-24-20(15-26(3,4)16-22(24)30)27-19-11-7-8-12-21(19)28(25)17(2)29/h6-13,25,27H,5,14-16H2,1-4H3/t25-/m1/s1. The molecule has 1 aliphatic carbocycles. The lowest BCUT2D eigenvalue weighted by Gasteiger charge is -2.37. The molecule has 0 saturated carbocycles. The van der Waals surface area contributed by atoms with Crippen LogP contribution in [0.25, 0.3) is 0 Å². The van der Waals surface area contributed by atoms with Gasteiger partial charge in [0.2, 0.25) is 5.91 Å². The van der Waals surface area contributed by atoms with Gasteiger partial charge in [0.1, 0.15) is 5.75 Å². The first-order valence-electron chi connectivity index (χ1n) is 11.0. The van der Waals surface area contributed by atoms with Crippen LogP contribution in [0, 0.1) is 5.41 Å². The third kappa shape index (κ3) is 3.97. The summed E-state index contributed by atoms with van der Waals surface area (Å²) in [5.74, 6) is 0.675. The zero-order valence-corrected chi connectivity index (χ0v) is 18.7. The van der Waals surface area contributed by atoms with E-state index in [0.29, 0.717) is 24.4 Å². The number of para-hydroxylation sites is 3. The van der Waals surface area contributed by atoms with Crippen molar-refractivity contribution in [2.24, 2.45) is 5.41 Å². The molecule has 0 bridgehead atoms. The second-order valence-electron chi connectivity index (χ2n) is 9.15. The van der Waals surface area contributed by atoms with Gasteiger partial charge in [0.15, 0.2) is 5.78 Å². The molecule has 1 aliphatic heterocycles. The highest BCUT2D eigenvalue weighted by Gasteiger charge is 2.43. The molecule has 162 valence electrons. The summed E-state index contributed by atoms with van der Waals surface area (Å²) in [6.07, 6.45) is 2.06. The van der Waals surface area contributed by atoms with Gasteiger partial charge in [0.25, 0.3) is 0 Å². The molecule has 31 heavy (non-hydrogen) atoms. The van der Waals surface area contributed by atoms with Crippen molar-refractivity contribution in [2.75, 3.05) is 16.8 Å². The van der Waals surface area contributed by atoms with Gasteiger partial charge in [-0.1, -0.05) is 51.1 Å². The minimum absolute atomic E-state index is 0.0769. The zero-order chi connectivity index (χ0) is 22.2. The Bertz CT molecular complexity index is 1050. The normalized spacial score (nSPS) is 19.8. The monoisotopic (exact) mass is 418 g/mol. The molecule has 1 heterocycles. The Labute approximate surface area is 184 Å². The smallest absolute Gasteiger partial charge is 0.224 e. The van der Waals surface area contributed by atoms with E-state index in [4.69, 9.17) is 4.74 Å². The molecular weight excluding hydrogens is 388 g/mol. The number of hydrogen-bond donors (Lipinski definition) is 1. The van der Waals surface area contributed by atoms with E-state index in [1.54, 1.807) is 11.8 Å². The first-order valence-corrected chi connectivity index (χ1v) is 11.0. The van der Waals surface area contributed by atoms with Crippen LogP contribution in [0.15, 0.2) is 59.8 Å². The lowest BCUT2D eigenvalue weighted by molar-refractivity contribution is -0.118. The fourth-order valence-corrected chi connectivity index (χ4v) is 4.68. The molecule has 1 N–H and O–H groups in total. The summed E-state index contributed by atoms with van der Waals surface area (Å²) in [5.41, 5.74) is 3.86. The number of nitrogens with zero attached hydrogens (tertiary/aromatic N) is 1. The highest BCUT2D eigenvalue weighted by Crippen LogP contribution is 2.49. The number of allylic oxidation sites excluding steroid dienone is 1. The lowest BCUT2D eigenvalue weighted by Crippen LogP contribution is -2.38. The number of ketones is 1. The van der Waals surface area contributed by atoms with Crippen molar-refractivity contribution in [1.82, 2.24) is 0 Å². The molecule has 0 saturated heterocycles.